The van der Waals surface area contributed by atoms with Crippen LogP contribution in [0.1, 0.15) is 15.9 Å². The normalized spacial score (nSPS) is 10.3. The molecule has 0 atom stereocenters. The first-order valence-corrected chi connectivity index (χ1v) is 7.68. The number of alkyl halides is 1. The van der Waals surface area contributed by atoms with Crippen LogP contribution in [0.15, 0.2) is 59.1 Å². The van der Waals surface area contributed by atoms with Gasteiger partial charge < -0.3 is 4.90 Å². The van der Waals surface area contributed by atoms with Gasteiger partial charge in [-0.3, -0.25) is 4.79 Å². The van der Waals surface area contributed by atoms with E-state index >= 15 is 0 Å². The van der Waals surface area contributed by atoms with E-state index in [1.165, 1.54) is 0 Å². The minimum atomic E-state index is -0.00389. The van der Waals surface area contributed by atoms with Crippen LogP contribution in [-0.2, 0) is 6.54 Å². The Hall–Kier alpha value is -1.32. The molecule has 0 aliphatic carbocycles. The first kappa shape index (κ1) is 15.1. The Morgan fingerprint density at radius 3 is 2.50 bits per heavy atom. The van der Waals surface area contributed by atoms with E-state index in [0.29, 0.717) is 24.5 Å². The van der Waals surface area contributed by atoms with Crippen LogP contribution >= 0.6 is 27.5 Å². The molecule has 2 nitrogen and oxygen atoms in total. The molecule has 20 heavy (non-hydrogen) atoms. The third kappa shape index (κ3) is 4.09. The predicted molar refractivity (Wildman–Crippen MR) is 86.0 cm³/mol. The Morgan fingerprint density at radius 2 is 1.85 bits per heavy atom. The van der Waals surface area contributed by atoms with Crippen LogP contribution in [0, 0.1) is 0 Å². The number of carbonyl (C=O) groups is 1. The van der Waals surface area contributed by atoms with Crippen molar-refractivity contribution in [3.05, 3.63) is 70.2 Å². The van der Waals surface area contributed by atoms with Crippen molar-refractivity contribution in [2.45, 2.75) is 6.54 Å². The van der Waals surface area contributed by atoms with Gasteiger partial charge in [0.2, 0.25) is 0 Å². The lowest BCUT2D eigenvalue weighted by Gasteiger charge is -2.22. The summed E-state index contributed by atoms with van der Waals surface area (Å²) in [6, 6.07) is 17.3. The van der Waals surface area contributed by atoms with E-state index in [4.69, 9.17) is 11.6 Å². The van der Waals surface area contributed by atoms with Crippen LogP contribution in [0.2, 0.25) is 0 Å². The molecule has 0 bridgehead atoms. The monoisotopic (exact) mass is 351 g/mol. The molecule has 0 spiro atoms. The van der Waals surface area contributed by atoms with Crippen LogP contribution in [0.4, 0.5) is 0 Å². The van der Waals surface area contributed by atoms with E-state index in [9.17, 15) is 4.79 Å². The number of nitrogens with zero attached hydrogens (tertiary/aromatic N) is 1. The summed E-state index contributed by atoms with van der Waals surface area (Å²) in [6.07, 6.45) is 0. The largest absolute Gasteiger partial charge is 0.333 e. The van der Waals surface area contributed by atoms with Gasteiger partial charge in [0, 0.05) is 29.0 Å². The van der Waals surface area contributed by atoms with Crippen molar-refractivity contribution in [3.63, 3.8) is 0 Å². The lowest BCUT2D eigenvalue weighted by Crippen LogP contribution is -2.32. The molecule has 2 rings (SSSR count). The van der Waals surface area contributed by atoms with Crippen LogP contribution in [0.5, 0.6) is 0 Å². The van der Waals surface area contributed by atoms with Gasteiger partial charge in [-0.1, -0.05) is 52.3 Å². The molecule has 0 N–H and O–H groups in total. The maximum atomic E-state index is 12.5. The molecule has 0 aliphatic rings. The van der Waals surface area contributed by atoms with E-state index in [-0.39, 0.29) is 5.91 Å². The zero-order valence-corrected chi connectivity index (χ0v) is 13.3. The maximum Gasteiger partial charge on any atom is 0.254 e. The smallest absolute Gasteiger partial charge is 0.254 e. The van der Waals surface area contributed by atoms with Crippen molar-refractivity contribution in [2.75, 3.05) is 12.4 Å². The highest BCUT2D eigenvalue weighted by Gasteiger charge is 2.15. The number of amides is 1. The fourth-order valence-corrected chi connectivity index (χ4v) is 2.57. The van der Waals surface area contributed by atoms with Crippen molar-refractivity contribution in [1.29, 1.82) is 0 Å². The van der Waals surface area contributed by atoms with Gasteiger partial charge in [-0.25, -0.2) is 0 Å². The first-order chi connectivity index (χ1) is 9.70. The number of halogens is 2. The van der Waals surface area contributed by atoms with Crippen LogP contribution < -0.4 is 0 Å². The van der Waals surface area contributed by atoms with Gasteiger partial charge in [-0.2, -0.15) is 0 Å². The Bertz CT molecular complexity index is 574. The summed E-state index contributed by atoms with van der Waals surface area (Å²) in [5.74, 6) is 0.419. The Morgan fingerprint density at radius 1 is 1.10 bits per heavy atom. The third-order valence-electron chi connectivity index (χ3n) is 2.93. The van der Waals surface area contributed by atoms with Crippen molar-refractivity contribution in [2.24, 2.45) is 0 Å². The SMILES string of the molecule is O=C(c1cccc(Br)c1)N(CCCl)Cc1ccccc1. The average Bonchev–Trinajstić information content (AvgIpc) is 2.47. The number of hydrogen-bond acceptors (Lipinski definition) is 1. The number of carbonyl (C=O) groups excluding carboxylic acids is 1. The topological polar surface area (TPSA) is 20.3 Å². The molecule has 0 fully saturated rings. The van der Waals surface area contributed by atoms with Crippen molar-refractivity contribution < 1.29 is 4.79 Å². The second-order valence-electron chi connectivity index (χ2n) is 4.41. The van der Waals surface area contributed by atoms with Crippen LogP contribution in [0.25, 0.3) is 0 Å². The van der Waals surface area contributed by atoms with Gasteiger partial charge in [-0.05, 0) is 23.8 Å². The second kappa shape index (κ2) is 7.46. The first-order valence-electron chi connectivity index (χ1n) is 6.35. The van der Waals surface area contributed by atoms with Crippen molar-refractivity contribution in [3.8, 4) is 0 Å². The molecule has 2 aromatic carbocycles. The Labute approximate surface area is 132 Å². The molecule has 104 valence electrons. The summed E-state index contributed by atoms with van der Waals surface area (Å²) in [5.41, 5.74) is 1.77. The van der Waals surface area contributed by atoms with Crippen molar-refractivity contribution in [1.82, 2.24) is 4.90 Å². The fourth-order valence-electron chi connectivity index (χ4n) is 1.96. The van der Waals surface area contributed by atoms with Crippen LogP contribution in [0.3, 0.4) is 0 Å². The molecule has 0 aliphatic heterocycles. The molecule has 0 aromatic heterocycles. The third-order valence-corrected chi connectivity index (χ3v) is 3.59. The molecule has 2 aromatic rings. The molecular formula is C16H15BrClNO. The van der Waals surface area contributed by atoms with Crippen molar-refractivity contribution >= 4 is 33.4 Å². The molecule has 4 heteroatoms. The Balaban J connectivity index is 2.18. The van der Waals surface area contributed by atoms with Gasteiger partial charge in [0.15, 0.2) is 0 Å². The quantitative estimate of drug-likeness (QED) is 0.733. The molecule has 0 saturated carbocycles. The predicted octanol–water partition coefficient (Wildman–Crippen LogP) is 4.33. The summed E-state index contributed by atoms with van der Waals surface area (Å²) < 4.78 is 0.897. The summed E-state index contributed by atoms with van der Waals surface area (Å²) in [7, 11) is 0. The van der Waals surface area contributed by atoms with Gasteiger partial charge in [0.1, 0.15) is 0 Å². The highest BCUT2D eigenvalue weighted by Crippen LogP contribution is 2.15. The molecular weight excluding hydrogens is 338 g/mol. The summed E-state index contributed by atoms with van der Waals surface area (Å²) in [6.45, 7) is 1.10. The number of hydrogen-bond donors (Lipinski definition) is 0. The van der Waals surface area contributed by atoms with E-state index in [2.05, 4.69) is 15.9 Å². The number of rotatable bonds is 5. The van der Waals surface area contributed by atoms with Gasteiger partial charge >= 0.3 is 0 Å². The van der Waals surface area contributed by atoms with E-state index in [0.717, 1.165) is 10.0 Å². The number of benzene rings is 2. The van der Waals surface area contributed by atoms with Crippen LogP contribution in [-0.4, -0.2) is 23.2 Å². The molecule has 0 heterocycles. The lowest BCUT2D eigenvalue weighted by molar-refractivity contribution is 0.0753. The lowest BCUT2D eigenvalue weighted by atomic mass is 10.1. The maximum absolute atomic E-state index is 12.5. The highest BCUT2D eigenvalue weighted by molar-refractivity contribution is 9.10. The van der Waals surface area contributed by atoms with Gasteiger partial charge in [-0.15, -0.1) is 11.6 Å². The molecule has 1 amide bonds. The minimum Gasteiger partial charge on any atom is -0.333 e. The Kier molecular flexibility index (Phi) is 5.62. The minimum absolute atomic E-state index is 0.00389. The van der Waals surface area contributed by atoms with Gasteiger partial charge in [0.05, 0.1) is 0 Å². The molecule has 0 radical (unpaired) electrons. The zero-order chi connectivity index (χ0) is 14.4. The molecule has 0 unspecified atom stereocenters. The second-order valence-corrected chi connectivity index (χ2v) is 5.71. The van der Waals surface area contributed by atoms with E-state index in [1.54, 1.807) is 4.90 Å². The fraction of sp³-hybridized carbons (Fsp3) is 0.188. The highest BCUT2D eigenvalue weighted by atomic mass is 79.9. The van der Waals surface area contributed by atoms with Gasteiger partial charge in [0.25, 0.3) is 5.91 Å². The average molecular weight is 353 g/mol. The summed E-state index contributed by atoms with van der Waals surface area (Å²) >= 11 is 9.21. The summed E-state index contributed by atoms with van der Waals surface area (Å²) in [4.78, 5) is 14.3. The standard InChI is InChI=1S/C16H15BrClNO/c17-15-8-4-7-14(11-15)16(20)19(10-9-18)12-13-5-2-1-3-6-13/h1-8,11H,9-10,12H2. The summed E-state index contributed by atoms with van der Waals surface area (Å²) in [5, 5.41) is 0. The van der Waals surface area contributed by atoms with E-state index in [1.807, 2.05) is 54.6 Å². The van der Waals surface area contributed by atoms with E-state index < -0.39 is 0 Å². The zero-order valence-electron chi connectivity index (χ0n) is 10.9. The molecule has 0 saturated heterocycles.